The number of amides is 1. The molecule has 5 nitrogen and oxygen atoms in total. The number of anilines is 1. The minimum Gasteiger partial charge on any atom is -0.333 e. The van der Waals surface area contributed by atoms with E-state index in [0.717, 1.165) is 21.9 Å². The lowest BCUT2D eigenvalue weighted by Crippen LogP contribution is -2.13. The second-order valence-electron chi connectivity index (χ2n) is 4.69. The van der Waals surface area contributed by atoms with Crippen molar-refractivity contribution in [3.8, 4) is 0 Å². The van der Waals surface area contributed by atoms with Crippen molar-refractivity contribution in [2.24, 2.45) is 0 Å². The number of aromatic amines is 1. The highest BCUT2D eigenvalue weighted by Crippen LogP contribution is 2.21. The molecule has 0 radical (unpaired) electrons. The zero-order valence-corrected chi connectivity index (χ0v) is 13.3. The quantitative estimate of drug-likeness (QED) is 0.724. The molecule has 2 aromatic heterocycles. The van der Waals surface area contributed by atoms with Crippen LogP contribution < -0.4 is 5.32 Å². The number of thioether (sulfide) groups is 1. The van der Waals surface area contributed by atoms with Gasteiger partial charge in [-0.1, -0.05) is 17.8 Å². The maximum Gasteiger partial charge on any atom is 0.236 e. The van der Waals surface area contributed by atoms with Crippen LogP contribution in [0.1, 0.15) is 11.3 Å². The van der Waals surface area contributed by atoms with Gasteiger partial charge in [0.2, 0.25) is 5.91 Å². The SMILES string of the molecule is Cc1ccc2nc(SCC(=O)Nc3nc(C)cs3)[nH]c2c1. The van der Waals surface area contributed by atoms with Crippen LogP contribution >= 0.6 is 23.1 Å². The van der Waals surface area contributed by atoms with Gasteiger partial charge in [-0.25, -0.2) is 9.97 Å². The largest absolute Gasteiger partial charge is 0.333 e. The Kier molecular flexibility index (Phi) is 3.94. The Hall–Kier alpha value is -1.86. The van der Waals surface area contributed by atoms with Crippen LogP contribution in [-0.4, -0.2) is 26.6 Å². The molecule has 0 aliphatic heterocycles. The maximum atomic E-state index is 11.9. The van der Waals surface area contributed by atoms with Crippen LogP contribution in [0.2, 0.25) is 0 Å². The van der Waals surface area contributed by atoms with Gasteiger partial charge in [0.1, 0.15) is 0 Å². The third-order valence-corrected chi connectivity index (χ3v) is 4.57. The predicted octanol–water partition coefficient (Wildman–Crippen LogP) is 3.37. The summed E-state index contributed by atoms with van der Waals surface area (Å²) in [6.45, 7) is 3.94. The van der Waals surface area contributed by atoms with Gasteiger partial charge < -0.3 is 10.3 Å². The van der Waals surface area contributed by atoms with Gasteiger partial charge in [-0.2, -0.15) is 0 Å². The number of aryl methyl sites for hydroxylation is 2. The van der Waals surface area contributed by atoms with E-state index in [2.05, 4.69) is 20.3 Å². The van der Waals surface area contributed by atoms with E-state index in [9.17, 15) is 4.79 Å². The van der Waals surface area contributed by atoms with E-state index in [4.69, 9.17) is 0 Å². The van der Waals surface area contributed by atoms with Crippen LogP contribution in [0.5, 0.6) is 0 Å². The molecule has 0 spiro atoms. The number of aromatic nitrogens is 3. The molecule has 3 aromatic rings. The number of nitrogens with one attached hydrogen (secondary N) is 2. The number of hydrogen-bond acceptors (Lipinski definition) is 5. The number of thiazole rings is 1. The highest BCUT2D eigenvalue weighted by molar-refractivity contribution is 7.99. The lowest BCUT2D eigenvalue weighted by Gasteiger charge is -1.99. The molecule has 0 bridgehead atoms. The van der Waals surface area contributed by atoms with E-state index in [0.29, 0.717) is 10.9 Å². The van der Waals surface area contributed by atoms with E-state index >= 15 is 0 Å². The Labute approximate surface area is 130 Å². The second-order valence-corrected chi connectivity index (χ2v) is 6.52. The van der Waals surface area contributed by atoms with Gasteiger partial charge in [0, 0.05) is 5.38 Å². The van der Waals surface area contributed by atoms with E-state index in [-0.39, 0.29) is 5.91 Å². The predicted molar refractivity (Wildman–Crippen MR) is 87.0 cm³/mol. The Morgan fingerprint density at radius 2 is 2.24 bits per heavy atom. The molecule has 1 amide bonds. The zero-order valence-electron chi connectivity index (χ0n) is 11.6. The Bertz CT molecular complexity index is 793. The number of carbonyl (C=O) groups is 1. The molecular formula is C14H14N4OS2. The summed E-state index contributed by atoms with van der Waals surface area (Å²) in [7, 11) is 0. The number of H-pyrrole nitrogens is 1. The number of imidazole rings is 1. The molecule has 0 atom stereocenters. The molecule has 0 unspecified atom stereocenters. The van der Waals surface area contributed by atoms with E-state index in [1.54, 1.807) is 0 Å². The zero-order chi connectivity index (χ0) is 14.8. The van der Waals surface area contributed by atoms with Crippen molar-refractivity contribution in [1.29, 1.82) is 0 Å². The van der Waals surface area contributed by atoms with E-state index in [1.165, 1.54) is 28.7 Å². The van der Waals surface area contributed by atoms with Crippen molar-refractivity contribution >= 4 is 45.2 Å². The molecule has 1 aromatic carbocycles. The van der Waals surface area contributed by atoms with Crippen molar-refractivity contribution in [2.45, 2.75) is 19.0 Å². The molecule has 0 aliphatic carbocycles. The van der Waals surface area contributed by atoms with Crippen LogP contribution in [0.15, 0.2) is 28.7 Å². The molecule has 0 fully saturated rings. The van der Waals surface area contributed by atoms with Gasteiger partial charge in [-0.15, -0.1) is 11.3 Å². The molecule has 0 aliphatic rings. The summed E-state index contributed by atoms with van der Waals surface area (Å²) in [5.41, 5.74) is 4.00. The van der Waals surface area contributed by atoms with E-state index < -0.39 is 0 Å². The topological polar surface area (TPSA) is 70.7 Å². The minimum absolute atomic E-state index is 0.0778. The highest BCUT2D eigenvalue weighted by atomic mass is 32.2. The summed E-state index contributed by atoms with van der Waals surface area (Å²) < 4.78 is 0. The lowest BCUT2D eigenvalue weighted by molar-refractivity contribution is -0.113. The number of benzene rings is 1. The van der Waals surface area contributed by atoms with Crippen molar-refractivity contribution < 1.29 is 4.79 Å². The van der Waals surface area contributed by atoms with Crippen LogP contribution in [0, 0.1) is 13.8 Å². The summed E-state index contributed by atoms with van der Waals surface area (Å²) in [6, 6.07) is 6.05. The monoisotopic (exact) mass is 318 g/mol. The van der Waals surface area contributed by atoms with Crippen LogP contribution in [0.4, 0.5) is 5.13 Å². The maximum absolute atomic E-state index is 11.9. The summed E-state index contributed by atoms with van der Waals surface area (Å²) in [6.07, 6.45) is 0. The Morgan fingerprint density at radius 1 is 1.38 bits per heavy atom. The Balaban J connectivity index is 1.61. The standard InChI is InChI=1S/C14H14N4OS2/c1-8-3-4-10-11(5-8)17-14(16-10)21-7-12(19)18-13-15-9(2)6-20-13/h3-6H,7H2,1-2H3,(H,16,17)(H,15,18,19). The van der Waals surface area contributed by atoms with Crippen molar-refractivity contribution in [3.05, 3.63) is 34.8 Å². The molecule has 3 rings (SSSR count). The fourth-order valence-corrected chi connectivity index (χ4v) is 3.26. The Morgan fingerprint density at radius 3 is 3.00 bits per heavy atom. The van der Waals surface area contributed by atoms with Gasteiger partial charge in [-0.3, -0.25) is 4.79 Å². The first-order valence-corrected chi connectivity index (χ1v) is 8.28. The lowest BCUT2D eigenvalue weighted by atomic mass is 10.2. The van der Waals surface area contributed by atoms with Crippen LogP contribution in [-0.2, 0) is 4.79 Å². The smallest absolute Gasteiger partial charge is 0.236 e. The first kappa shape index (κ1) is 14.1. The molecule has 0 saturated carbocycles. The van der Waals surface area contributed by atoms with Gasteiger partial charge in [-0.05, 0) is 31.5 Å². The molecular weight excluding hydrogens is 304 g/mol. The third-order valence-electron chi connectivity index (χ3n) is 2.82. The minimum atomic E-state index is -0.0778. The molecule has 108 valence electrons. The normalized spacial score (nSPS) is 11.0. The number of fused-ring (bicyclic) bond motifs is 1. The first-order chi connectivity index (χ1) is 10.1. The highest BCUT2D eigenvalue weighted by Gasteiger charge is 2.09. The fourth-order valence-electron chi connectivity index (χ4n) is 1.87. The fraction of sp³-hybridized carbons (Fsp3) is 0.214. The van der Waals surface area contributed by atoms with E-state index in [1.807, 2.05) is 37.4 Å². The number of rotatable bonds is 4. The number of carbonyl (C=O) groups excluding carboxylic acids is 1. The molecule has 0 saturated heterocycles. The summed E-state index contributed by atoms with van der Waals surface area (Å²) in [4.78, 5) is 23.7. The van der Waals surface area contributed by atoms with Gasteiger partial charge in [0.05, 0.1) is 22.5 Å². The number of nitrogens with zero attached hydrogens (tertiary/aromatic N) is 2. The second kappa shape index (κ2) is 5.87. The summed E-state index contributed by atoms with van der Waals surface area (Å²) in [5.74, 6) is 0.225. The average Bonchev–Trinajstić information content (AvgIpc) is 3.02. The van der Waals surface area contributed by atoms with Crippen molar-refractivity contribution in [3.63, 3.8) is 0 Å². The van der Waals surface area contributed by atoms with Crippen LogP contribution in [0.25, 0.3) is 11.0 Å². The summed E-state index contributed by atoms with van der Waals surface area (Å²) in [5, 5.41) is 6.08. The average molecular weight is 318 g/mol. The van der Waals surface area contributed by atoms with Gasteiger partial charge in [0.25, 0.3) is 0 Å². The third kappa shape index (κ3) is 3.43. The van der Waals surface area contributed by atoms with Gasteiger partial charge in [0.15, 0.2) is 10.3 Å². The molecule has 2 N–H and O–H groups in total. The van der Waals surface area contributed by atoms with Crippen molar-refractivity contribution in [1.82, 2.24) is 15.0 Å². The van der Waals surface area contributed by atoms with Crippen molar-refractivity contribution in [2.75, 3.05) is 11.1 Å². The van der Waals surface area contributed by atoms with Gasteiger partial charge >= 0.3 is 0 Å². The number of hydrogen-bond donors (Lipinski definition) is 2. The van der Waals surface area contributed by atoms with Crippen LogP contribution in [0.3, 0.4) is 0 Å². The molecule has 21 heavy (non-hydrogen) atoms. The molecule has 2 heterocycles. The molecule has 7 heteroatoms. The summed E-state index contributed by atoms with van der Waals surface area (Å²) >= 11 is 2.81. The first-order valence-electron chi connectivity index (χ1n) is 6.41.